The summed E-state index contributed by atoms with van der Waals surface area (Å²) in [5.74, 6) is -1.44. The molecule has 2 aromatic rings. The van der Waals surface area contributed by atoms with Crippen LogP contribution < -0.4 is 15.4 Å². The first-order chi connectivity index (χ1) is 14.5. The summed E-state index contributed by atoms with van der Waals surface area (Å²) < 4.78 is 27.4. The van der Waals surface area contributed by atoms with E-state index in [2.05, 4.69) is 4.72 Å². The number of aliphatic hydroxyl groups excluding tert-OH is 1. The number of rotatable bonds is 6. The molecular weight excluding hydrogens is 418 g/mol. The number of carboxylic acids is 1. The third kappa shape index (κ3) is 6.64. The Bertz CT molecular complexity index is 986. The van der Waals surface area contributed by atoms with Crippen molar-refractivity contribution < 1.29 is 23.4 Å². The Balaban J connectivity index is 0.000000412. The Morgan fingerprint density at radius 2 is 1.68 bits per heavy atom. The molecule has 8 nitrogen and oxygen atoms in total. The number of aliphatic hydroxyl groups is 1. The highest BCUT2D eigenvalue weighted by Gasteiger charge is 2.30. The predicted molar refractivity (Wildman–Crippen MR) is 123 cm³/mol. The lowest BCUT2D eigenvalue weighted by Gasteiger charge is -2.19. The smallest absolute Gasteiger partial charge is 0.324 e. The SMILES string of the molecule is CC(O)C(NS(=O)(=O)c1cccc2c(N(C)C)cccc12)C(=O)O.NC1CCCCC1. The highest BCUT2D eigenvalue weighted by Crippen LogP contribution is 2.30. The summed E-state index contributed by atoms with van der Waals surface area (Å²) in [5.41, 5.74) is 6.48. The first-order valence-corrected chi connectivity index (χ1v) is 11.9. The highest BCUT2D eigenvalue weighted by atomic mass is 32.2. The molecule has 2 unspecified atom stereocenters. The summed E-state index contributed by atoms with van der Waals surface area (Å²) >= 11 is 0. The molecule has 2 aromatic carbocycles. The third-order valence-corrected chi connectivity index (χ3v) is 6.81. The Morgan fingerprint density at radius 1 is 1.10 bits per heavy atom. The van der Waals surface area contributed by atoms with Gasteiger partial charge in [-0.25, -0.2) is 8.42 Å². The maximum Gasteiger partial charge on any atom is 0.324 e. The zero-order chi connectivity index (χ0) is 23.2. The fraction of sp³-hybridized carbons (Fsp3) is 0.500. The van der Waals surface area contributed by atoms with Gasteiger partial charge < -0.3 is 20.8 Å². The van der Waals surface area contributed by atoms with E-state index in [1.807, 2.05) is 25.1 Å². The fourth-order valence-electron chi connectivity index (χ4n) is 3.61. The number of nitrogens with one attached hydrogen (secondary N) is 1. The fourth-order valence-corrected chi connectivity index (χ4v) is 5.09. The van der Waals surface area contributed by atoms with E-state index < -0.39 is 28.1 Å². The van der Waals surface area contributed by atoms with Gasteiger partial charge in [0.25, 0.3) is 0 Å². The van der Waals surface area contributed by atoms with Crippen molar-refractivity contribution in [3.05, 3.63) is 36.4 Å². The molecule has 0 aromatic heterocycles. The lowest BCUT2D eigenvalue weighted by atomic mass is 9.97. The maximum atomic E-state index is 12.6. The second-order valence-corrected chi connectivity index (χ2v) is 9.78. The van der Waals surface area contributed by atoms with Crippen molar-refractivity contribution in [2.45, 2.75) is 62.1 Å². The van der Waals surface area contributed by atoms with E-state index in [4.69, 9.17) is 10.8 Å². The quantitative estimate of drug-likeness (QED) is 0.529. The summed E-state index contributed by atoms with van der Waals surface area (Å²) in [6, 6.07) is 8.98. The van der Waals surface area contributed by atoms with Crippen LogP contribution in [0.5, 0.6) is 0 Å². The largest absolute Gasteiger partial charge is 0.480 e. The topological polar surface area (TPSA) is 133 Å². The number of nitrogens with zero attached hydrogens (tertiary/aromatic N) is 1. The molecule has 5 N–H and O–H groups in total. The van der Waals surface area contributed by atoms with E-state index in [0.29, 0.717) is 11.4 Å². The van der Waals surface area contributed by atoms with Crippen LogP contribution in [0.2, 0.25) is 0 Å². The first kappa shape index (κ1) is 25.1. The Kier molecular flexibility index (Phi) is 8.81. The molecule has 0 heterocycles. The van der Waals surface area contributed by atoms with Crippen molar-refractivity contribution in [1.82, 2.24) is 4.72 Å². The minimum absolute atomic E-state index is 0.0319. The van der Waals surface area contributed by atoms with Crippen LogP contribution in [-0.2, 0) is 14.8 Å². The summed E-state index contributed by atoms with van der Waals surface area (Å²) in [6.07, 6.45) is 5.29. The van der Waals surface area contributed by atoms with Crippen molar-refractivity contribution in [2.24, 2.45) is 5.73 Å². The lowest BCUT2D eigenvalue weighted by molar-refractivity contribution is -0.141. The molecule has 0 amide bonds. The molecule has 0 saturated heterocycles. The number of carboxylic acid groups (broad SMARTS) is 1. The number of nitrogens with two attached hydrogens (primary N) is 1. The van der Waals surface area contributed by atoms with Crippen LogP contribution in [0, 0.1) is 0 Å². The molecule has 0 radical (unpaired) electrons. The van der Waals surface area contributed by atoms with Gasteiger partial charge in [0.05, 0.1) is 11.0 Å². The molecule has 31 heavy (non-hydrogen) atoms. The number of sulfonamides is 1. The predicted octanol–water partition coefficient (Wildman–Crippen LogP) is 2.30. The first-order valence-electron chi connectivity index (χ1n) is 10.4. The minimum atomic E-state index is -4.13. The zero-order valence-electron chi connectivity index (χ0n) is 18.3. The molecule has 1 aliphatic rings. The van der Waals surface area contributed by atoms with E-state index in [1.165, 1.54) is 45.1 Å². The normalized spacial score (nSPS) is 16.8. The second-order valence-electron chi connectivity index (χ2n) is 8.10. The Morgan fingerprint density at radius 3 is 2.16 bits per heavy atom. The molecule has 172 valence electrons. The van der Waals surface area contributed by atoms with Gasteiger partial charge in [0.15, 0.2) is 0 Å². The van der Waals surface area contributed by atoms with Crippen molar-refractivity contribution in [1.29, 1.82) is 0 Å². The number of benzene rings is 2. The van der Waals surface area contributed by atoms with E-state index in [0.717, 1.165) is 11.1 Å². The Hall–Kier alpha value is -2.20. The molecule has 3 rings (SSSR count). The van der Waals surface area contributed by atoms with E-state index >= 15 is 0 Å². The average molecular weight is 452 g/mol. The van der Waals surface area contributed by atoms with Crippen molar-refractivity contribution in [3.63, 3.8) is 0 Å². The molecular formula is C22H33N3O5S. The summed E-state index contributed by atoms with van der Waals surface area (Å²) in [7, 11) is -0.429. The van der Waals surface area contributed by atoms with E-state index in [1.54, 1.807) is 24.3 Å². The van der Waals surface area contributed by atoms with E-state index in [9.17, 15) is 18.3 Å². The molecule has 1 saturated carbocycles. The van der Waals surface area contributed by atoms with Crippen molar-refractivity contribution in [3.8, 4) is 0 Å². The van der Waals surface area contributed by atoms with Gasteiger partial charge in [-0.2, -0.15) is 4.72 Å². The molecule has 0 spiro atoms. The van der Waals surface area contributed by atoms with Crippen molar-refractivity contribution in [2.75, 3.05) is 19.0 Å². The van der Waals surface area contributed by atoms with Gasteiger partial charge in [-0.15, -0.1) is 0 Å². The molecule has 1 fully saturated rings. The number of carbonyl (C=O) groups is 1. The summed E-state index contributed by atoms with van der Waals surface area (Å²) in [4.78, 5) is 13.0. The van der Waals surface area contributed by atoms with Crippen LogP contribution in [-0.4, -0.2) is 56.9 Å². The minimum Gasteiger partial charge on any atom is -0.480 e. The number of hydrogen-bond donors (Lipinski definition) is 4. The van der Waals surface area contributed by atoms with Gasteiger partial charge in [-0.1, -0.05) is 43.5 Å². The maximum absolute atomic E-state index is 12.6. The lowest BCUT2D eigenvalue weighted by Crippen LogP contribution is -2.47. The number of fused-ring (bicyclic) bond motifs is 1. The van der Waals surface area contributed by atoms with Gasteiger partial charge in [0.1, 0.15) is 6.04 Å². The number of anilines is 1. The average Bonchev–Trinajstić information content (AvgIpc) is 2.71. The molecule has 2 atom stereocenters. The monoisotopic (exact) mass is 451 g/mol. The van der Waals surface area contributed by atoms with Crippen LogP contribution >= 0.6 is 0 Å². The van der Waals surface area contributed by atoms with E-state index in [-0.39, 0.29) is 4.90 Å². The van der Waals surface area contributed by atoms with Gasteiger partial charge >= 0.3 is 5.97 Å². The zero-order valence-corrected chi connectivity index (χ0v) is 19.1. The summed E-state index contributed by atoms with van der Waals surface area (Å²) in [6.45, 7) is 1.22. The van der Waals surface area contributed by atoms with Gasteiger partial charge in [0, 0.05) is 36.6 Å². The van der Waals surface area contributed by atoms with Crippen LogP contribution in [0.4, 0.5) is 5.69 Å². The van der Waals surface area contributed by atoms with Gasteiger partial charge in [0.2, 0.25) is 10.0 Å². The molecule has 0 aliphatic heterocycles. The second kappa shape index (κ2) is 10.9. The Labute approximate surface area is 184 Å². The molecule has 1 aliphatic carbocycles. The van der Waals surface area contributed by atoms with Crippen LogP contribution in [0.25, 0.3) is 10.8 Å². The number of aliphatic carboxylic acids is 1. The standard InChI is InChI=1S/C16H20N2O5S.C6H13N/c1-10(19)15(16(20)21)17-24(22,23)14-9-5-6-11-12(14)7-4-8-13(11)18(2)3;7-6-4-2-1-3-5-6/h4-10,15,17,19H,1-3H3,(H,20,21);6H,1-5,7H2. The number of hydrogen-bond acceptors (Lipinski definition) is 6. The molecule has 0 bridgehead atoms. The van der Waals surface area contributed by atoms with Crippen LogP contribution in [0.15, 0.2) is 41.3 Å². The van der Waals surface area contributed by atoms with Gasteiger partial charge in [-0.3, -0.25) is 4.79 Å². The van der Waals surface area contributed by atoms with Crippen LogP contribution in [0.3, 0.4) is 0 Å². The van der Waals surface area contributed by atoms with Crippen LogP contribution in [0.1, 0.15) is 39.0 Å². The van der Waals surface area contributed by atoms with Gasteiger partial charge in [-0.05, 0) is 31.9 Å². The highest BCUT2D eigenvalue weighted by molar-refractivity contribution is 7.89. The molecule has 9 heteroatoms. The van der Waals surface area contributed by atoms with Crippen molar-refractivity contribution >= 4 is 32.5 Å². The third-order valence-electron chi connectivity index (χ3n) is 5.31. The summed E-state index contributed by atoms with van der Waals surface area (Å²) in [5, 5.41) is 19.8.